The Morgan fingerprint density at radius 1 is 1.38 bits per heavy atom. The number of halogens is 1. The number of benzene rings is 1. The number of rotatable bonds is 6. The molecule has 1 unspecified atom stereocenters. The summed E-state index contributed by atoms with van der Waals surface area (Å²) in [5.41, 5.74) is 1.69. The highest BCUT2D eigenvalue weighted by molar-refractivity contribution is 5.23. The summed E-state index contributed by atoms with van der Waals surface area (Å²) >= 11 is 0. The molecule has 2 nitrogen and oxygen atoms in total. The molecule has 0 saturated heterocycles. The van der Waals surface area contributed by atoms with Crippen LogP contribution in [0.25, 0.3) is 0 Å². The maximum atomic E-state index is 13.5. The average molecular weight is 224 g/mol. The first-order chi connectivity index (χ1) is 7.63. The highest BCUT2D eigenvalue weighted by Gasteiger charge is 2.04. The van der Waals surface area contributed by atoms with Crippen molar-refractivity contribution >= 4 is 0 Å². The largest absolute Gasteiger partial charge is 0.315 e. The Labute approximate surface area is 97.3 Å². The van der Waals surface area contributed by atoms with Crippen molar-refractivity contribution in [3.8, 4) is 0 Å². The van der Waals surface area contributed by atoms with Crippen LogP contribution in [0.3, 0.4) is 0 Å². The molecule has 0 heterocycles. The number of nitrogens with one attached hydrogen (secondary N) is 2. The van der Waals surface area contributed by atoms with Crippen LogP contribution >= 0.6 is 0 Å². The lowest BCUT2D eigenvalue weighted by Crippen LogP contribution is -2.35. The Kier molecular flexibility index (Phi) is 5.43. The first-order valence-electron chi connectivity index (χ1n) is 5.82. The van der Waals surface area contributed by atoms with Gasteiger partial charge in [0.2, 0.25) is 0 Å². The summed E-state index contributed by atoms with van der Waals surface area (Å²) in [6.07, 6.45) is 0. The molecule has 0 aromatic heterocycles. The number of aryl methyl sites for hydroxylation is 1. The second kappa shape index (κ2) is 6.61. The van der Waals surface area contributed by atoms with E-state index in [1.54, 1.807) is 6.07 Å². The smallest absolute Gasteiger partial charge is 0.127 e. The van der Waals surface area contributed by atoms with E-state index in [9.17, 15) is 4.39 Å². The highest BCUT2D eigenvalue weighted by atomic mass is 19.1. The van der Waals surface area contributed by atoms with Crippen LogP contribution in [0, 0.1) is 12.7 Å². The van der Waals surface area contributed by atoms with E-state index in [2.05, 4.69) is 24.5 Å². The third-order valence-electron chi connectivity index (χ3n) is 2.55. The molecule has 0 aliphatic carbocycles. The lowest BCUT2D eigenvalue weighted by Gasteiger charge is -2.14. The van der Waals surface area contributed by atoms with Crippen molar-refractivity contribution in [3.63, 3.8) is 0 Å². The lowest BCUT2D eigenvalue weighted by molar-refractivity contribution is 0.498. The standard InChI is InChI=1S/C13H21FN2/c1-4-15-8-11(3)16-9-12-6-5-10(2)7-13(12)14/h5-7,11,15-16H,4,8-9H2,1-3H3. The normalized spacial score (nSPS) is 12.8. The summed E-state index contributed by atoms with van der Waals surface area (Å²) in [6.45, 7) is 8.52. The van der Waals surface area contributed by atoms with Gasteiger partial charge in [0.25, 0.3) is 0 Å². The molecular weight excluding hydrogens is 203 g/mol. The zero-order valence-electron chi connectivity index (χ0n) is 10.3. The van der Waals surface area contributed by atoms with Crippen LogP contribution in [0.1, 0.15) is 25.0 Å². The van der Waals surface area contributed by atoms with E-state index in [0.717, 1.165) is 24.2 Å². The van der Waals surface area contributed by atoms with Gasteiger partial charge in [-0.2, -0.15) is 0 Å². The third-order valence-corrected chi connectivity index (χ3v) is 2.55. The molecule has 16 heavy (non-hydrogen) atoms. The van der Waals surface area contributed by atoms with E-state index in [1.807, 2.05) is 19.1 Å². The molecule has 1 atom stereocenters. The molecule has 0 aliphatic heterocycles. The Morgan fingerprint density at radius 3 is 2.75 bits per heavy atom. The second-order valence-electron chi connectivity index (χ2n) is 4.18. The van der Waals surface area contributed by atoms with Crippen molar-refractivity contribution in [1.82, 2.24) is 10.6 Å². The highest BCUT2D eigenvalue weighted by Crippen LogP contribution is 2.09. The Morgan fingerprint density at radius 2 is 2.12 bits per heavy atom. The van der Waals surface area contributed by atoms with Crippen molar-refractivity contribution in [1.29, 1.82) is 0 Å². The molecule has 1 aromatic carbocycles. The van der Waals surface area contributed by atoms with E-state index < -0.39 is 0 Å². The fourth-order valence-electron chi connectivity index (χ4n) is 1.51. The molecule has 0 aliphatic rings. The number of likely N-dealkylation sites (N-methyl/N-ethyl adjacent to an activating group) is 1. The van der Waals surface area contributed by atoms with Gasteiger partial charge in [-0.3, -0.25) is 0 Å². The van der Waals surface area contributed by atoms with Crippen molar-refractivity contribution in [3.05, 3.63) is 35.1 Å². The topological polar surface area (TPSA) is 24.1 Å². The van der Waals surface area contributed by atoms with Gasteiger partial charge in [0.1, 0.15) is 5.82 Å². The van der Waals surface area contributed by atoms with Crippen molar-refractivity contribution in [2.75, 3.05) is 13.1 Å². The van der Waals surface area contributed by atoms with Crippen LogP contribution < -0.4 is 10.6 Å². The fraction of sp³-hybridized carbons (Fsp3) is 0.538. The molecule has 1 aromatic rings. The minimum absolute atomic E-state index is 0.122. The van der Waals surface area contributed by atoms with Crippen LogP contribution in [0.2, 0.25) is 0 Å². The maximum absolute atomic E-state index is 13.5. The quantitative estimate of drug-likeness (QED) is 0.774. The first kappa shape index (κ1) is 13.1. The first-order valence-corrected chi connectivity index (χ1v) is 5.82. The molecular formula is C13H21FN2. The Bertz CT molecular complexity index is 326. The molecule has 0 spiro atoms. The van der Waals surface area contributed by atoms with Crippen LogP contribution in [0.5, 0.6) is 0 Å². The summed E-state index contributed by atoms with van der Waals surface area (Å²) in [6, 6.07) is 5.71. The molecule has 0 amide bonds. The van der Waals surface area contributed by atoms with Crippen molar-refractivity contribution < 1.29 is 4.39 Å². The van der Waals surface area contributed by atoms with Crippen LogP contribution in [0.15, 0.2) is 18.2 Å². The third kappa shape index (κ3) is 4.29. The predicted octanol–water partition coefficient (Wildman–Crippen LogP) is 2.22. The predicted molar refractivity (Wildman–Crippen MR) is 66.0 cm³/mol. The summed E-state index contributed by atoms with van der Waals surface area (Å²) in [7, 11) is 0. The molecule has 0 fully saturated rings. The van der Waals surface area contributed by atoms with Gasteiger partial charge in [0.15, 0.2) is 0 Å². The Balaban J connectivity index is 2.42. The van der Waals surface area contributed by atoms with Gasteiger partial charge in [-0.05, 0) is 32.0 Å². The fourth-order valence-corrected chi connectivity index (χ4v) is 1.51. The monoisotopic (exact) mass is 224 g/mol. The lowest BCUT2D eigenvalue weighted by atomic mass is 10.1. The molecule has 0 radical (unpaired) electrons. The summed E-state index contributed by atoms with van der Waals surface area (Å²) in [4.78, 5) is 0. The molecule has 2 N–H and O–H groups in total. The van der Waals surface area contributed by atoms with Gasteiger partial charge in [0.05, 0.1) is 0 Å². The van der Waals surface area contributed by atoms with Crippen molar-refractivity contribution in [2.45, 2.75) is 33.4 Å². The molecule has 90 valence electrons. The van der Waals surface area contributed by atoms with Gasteiger partial charge >= 0.3 is 0 Å². The maximum Gasteiger partial charge on any atom is 0.127 e. The minimum atomic E-state index is -0.122. The summed E-state index contributed by atoms with van der Waals surface area (Å²) in [5, 5.41) is 6.54. The van der Waals surface area contributed by atoms with E-state index in [-0.39, 0.29) is 5.82 Å². The Hall–Kier alpha value is -0.930. The van der Waals surface area contributed by atoms with Crippen LogP contribution in [-0.2, 0) is 6.54 Å². The molecule has 0 bridgehead atoms. The number of hydrogen-bond donors (Lipinski definition) is 2. The summed E-state index contributed by atoms with van der Waals surface area (Å²) < 4.78 is 13.5. The van der Waals surface area contributed by atoms with Gasteiger partial charge in [-0.25, -0.2) is 4.39 Å². The van der Waals surface area contributed by atoms with Crippen molar-refractivity contribution in [2.24, 2.45) is 0 Å². The van der Waals surface area contributed by atoms with Gasteiger partial charge in [0, 0.05) is 24.7 Å². The molecule has 1 rings (SSSR count). The average Bonchev–Trinajstić information content (AvgIpc) is 2.25. The SMILES string of the molecule is CCNCC(C)NCc1ccc(C)cc1F. The van der Waals surface area contributed by atoms with Crippen LogP contribution in [-0.4, -0.2) is 19.1 Å². The number of hydrogen-bond acceptors (Lipinski definition) is 2. The molecule has 0 saturated carbocycles. The van der Waals surface area contributed by atoms with E-state index >= 15 is 0 Å². The zero-order chi connectivity index (χ0) is 12.0. The minimum Gasteiger partial charge on any atom is -0.315 e. The van der Waals surface area contributed by atoms with Crippen LogP contribution in [0.4, 0.5) is 4.39 Å². The zero-order valence-corrected chi connectivity index (χ0v) is 10.3. The second-order valence-corrected chi connectivity index (χ2v) is 4.18. The van der Waals surface area contributed by atoms with Gasteiger partial charge in [-0.1, -0.05) is 19.1 Å². The van der Waals surface area contributed by atoms with E-state index in [0.29, 0.717) is 12.6 Å². The van der Waals surface area contributed by atoms with Gasteiger partial charge in [-0.15, -0.1) is 0 Å². The van der Waals surface area contributed by atoms with E-state index in [4.69, 9.17) is 0 Å². The molecule has 3 heteroatoms. The van der Waals surface area contributed by atoms with Gasteiger partial charge < -0.3 is 10.6 Å². The summed E-state index contributed by atoms with van der Waals surface area (Å²) in [5.74, 6) is -0.122. The van der Waals surface area contributed by atoms with E-state index in [1.165, 1.54) is 0 Å².